The molecule has 0 bridgehead atoms. The molecule has 0 saturated heterocycles. The SMILES string of the molecule is COc1cc([C@H]2C(C(=O)Nc3ccccc3C)=C(C)Nc3nc(CCCO)nn32)cc(OC)c1OC. The Hall–Kier alpha value is -4.05. The maximum absolute atomic E-state index is 13.7. The third-order valence-corrected chi connectivity index (χ3v) is 6.10. The van der Waals surface area contributed by atoms with E-state index in [1.165, 1.54) is 0 Å². The zero-order valence-corrected chi connectivity index (χ0v) is 21.1. The van der Waals surface area contributed by atoms with Crippen LogP contribution in [0.25, 0.3) is 0 Å². The van der Waals surface area contributed by atoms with Gasteiger partial charge in [0.15, 0.2) is 17.3 Å². The molecule has 0 unspecified atom stereocenters. The van der Waals surface area contributed by atoms with Crippen molar-refractivity contribution < 1.29 is 24.1 Å². The third kappa shape index (κ3) is 4.72. The van der Waals surface area contributed by atoms with Gasteiger partial charge in [-0.05, 0) is 49.6 Å². The van der Waals surface area contributed by atoms with Crippen LogP contribution in [0.3, 0.4) is 0 Å². The quantitative estimate of drug-likeness (QED) is 0.415. The van der Waals surface area contributed by atoms with Gasteiger partial charge in [-0.25, -0.2) is 4.68 Å². The van der Waals surface area contributed by atoms with Gasteiger partial charge in [0.2, 0.25) is 11.7 Å². The highest BCUT2D eigenvalue weighted by Gasteiger charge is 2.35. The normalized spacial score (nSPS) is 14.7. The van der Waals surface area contributed by atoms with E-state index in [0.717, 1.165) is 11.3 Å². The number of carbonyl (C=O) groups is 1. The highest BCUT2D eigenvalue weighted by molar-refractivity contribution is 6.06. The molecule has 1 aliphatic rings. The molecule has 0 radical (unpaired) electrons. The van der Waals surface area contributed by atoms with Gasteiger partial charge >= 0.3 is 0 Å². The van der Waals surface area contributed by atoms with E-state index in [2.05, 4.69) is 15.6 Å². The van der Waals surface area contributed by atoms with Crippen molar-refractivity contribution in [1.82, 2.24) is 14.8 Å². The summed E-state index contributed by atoms with van der Waals surface area (Å²) in [4.78, 5) is 18.3. The van der Waals surface area contributed by atoms with E-state index in [0.29, 0.717) is 58.7 Å². The number of rotatable bonds is 9. The molecule has 0 fully saturated rings. The molecule has 2 aromatic carbocycles. The molecule has 36 heavy (non-hydrogen) atoms. The first-order chi connectivity index (χ1) is 17.4. The second-order valence-electron chi connectivity index (χ2n) is 8.42. The number of ether oxygens (including phenoxy) is 3. The van der Waals surface area contributed by atoms with Gasteiger partial charge in [-0.1, -0.05) is 18.2 Å². The molecule has 1 amide bonds. The topological polar surface area (TPSA) is 120 Å². The molecule has 2 heterocycles. The predicted molar refractivity (Wildman–Crippen MR) is 136 cm³/mol. The van der Waals surface area contributed by atoms with Crippen molar-refractivity contribution in [1.29, 1.82) is 0 Å². The Kier molecular flexibility index (Phi) is 7.44. The standard InChI is InChI=1S/C26H31N5O5/c1-15-9-6-7-10-18(15)28-25(33)22-16(2)27-26-29-21(11-8-12-32)30-31(26)23(22)17-13-19(34-3)24(36-5)20(14-17)35-4/h6-7,9-10,13-14,23,32H,8,11-12H2,1-5H3,(H,28,33)(H,27,29,30)/t23-/m0/s1. The largest absolute Gasteiger partial charge is 0.493 e. The first kappa shape index (κ1) is 25.1. The van der Waals surface area contributed by atoms with E-state index >= 15 is 0 Å². The lowest BCUT2D eigenvalue weighted by atomic mass is 9.94. The maximum Gasteiger partial charge on any atom is 0.255 e. The van der Waals surface area contributed by atoms with Gasteiger partial charge in [0, 0.05) is 24.4 Å². The van der Waals surface area contributed by atoms with E-state index < -0.39 is 6.04 Å². The van der Waals surface area contributed by atoms with Crippen molar-refractivity contribution in [2.24, 2.45) is 0 Å². The van der Waals surface area contributed by atoms with Crippen LogP contribution in [0.5, 0.6) is 17.2 Å². The highest BCUT2D eigenvalue weighted by Crippen LogP contribution is 2.44. The average molecular weight is 494 g/mol. The molecular weight excluding hydrogens is 462 g/mol. The summed E-state index contributed by atoms with van der Waals surface area (Å²) < 4.78 is 18.3. The molecule has 0 spiro atoms. The number of carbonyl (C=O) groups excluding carboxylic acids is 1. The van der Waals surface area contributed by atoms with Crippen LogP contribution >= 0.6 is 0 Å². The zero-order chi connectivity index (χ0) is 25.8. The summed E-state index contributed by atoms with van der Waals surface area (Å²) in [7, 11) is 4.63. The zero-order valence-electron chi connectivity index (χ0n) is 21.1. The molecule has 1 atom stereocenters. The third-order valence-electron chi connectivity index (χ3n) is 6.10. The van der Waals surface area contributed by atoms with E-state index in [4.69, 9.17) is 19.3 Å². The second-order valence-corrected chi connectivity index (χ2v) is 8.42. The maximum atomic E-state index is 13.7. The Morgan fingerprint density at radius 1 is 1.11 bits per heavy atom. The Bertz CT molecular complexity index is 1270. The van der Waals surface area contributed by atoms with E-state index in [1.54, 1.807) is 26.0 Å². The van der Waals surface area contributed by atoms with Crippen molar-refractivity contribution in [3.63, 3.8) is 0 Å². The highest BCUT2D eigenvalue weighted by atomic mass is 16.5. The van der Waals surface area contributed by atoms with E-state index in [1.807, 2.05) is 50.2 Å². The summed E-state index contributed by atoms with van der Waals surface area (Å²) in [5, 5.41) is 20.2. The van der Waals surface area contributed by atoms with Gasteiger partial charge in [-0.2, -0.15) is 10.1 Å². The number of aromatic nitrogens is 3. The molecule has 0 aliphatic carbocycles. The number of para-hydroxylation sites is 1. The van der Waals surface area contributed by atoms with Crippen LogP contribution in [-0.2, 0) is 11.2 Å². The predicted octanol–water partition coefficient (Wildman–Crippen LogP) is 3.46. The minimum absolute atomic E-state index is 0.0367. The Balaban J connectivity index is 1.86. The van der Waals surface area contributed by atoms with Gasteiger partial charge in [0.1, 0.15) is 6.04 Å². The second kappa shape index (κ2) is 10.7. The van der Waals surface area contributed by atoms with Gasteiger partial charge in [-0.3, -0.25) is 4.79 Å². The summed E-state index contributed by atoms with van der Waals surface area (Å²) >= 11 is 0. The molecular formula is C26H31N5O5. The molecule has 1 aromatic heterocycles. The van der Waals surface area contributed by atoms with Crippen molar-refractivity contribution in [3.05, 3.63) is 64.6 Å². The molecule has 190 valence electrons. The minimum atomic E-state index is -0.630. The fourth-order valence-corrected chi connectivity index (χ4v) is 4.30. The van der Waals surface area contributed by atoms with Crippen LogP contribution in [0.2, 0.25) is 0 Å². The number of hydrogen-bond acceptors (Lipinski definition) is 8. The summed E-state index contributed by atoms with van der Waals surface area (Å²) in [6.07, 6.45) is 1.04. The smallest absolute Gasteiger partial charge is 0.255 e. The lowest BCUT2D eigenvalue weighted by molar-refractivity contribution is -0.113. The van der Waals surface area contributed by atoms with Crippen molar-refractivity contribution >= 4 is 17.5 Å². The summed E-state index contributed by atoms with van der Waals surface area (Å²) in [6, 6.07) is 10.6. The van der Waals surface area contributed by atoms with Crippen LogP contribution < -0.4 is 24.8 Å². The first-order valence-electron chi connectivity index (χ1n) is 11.6. The Labute approximate surface area is 209 Å². The number of fused-ring (bicyclic) bond motifs is 1. The number of aliphatic hydroxyl groups excluding tert-OH is 1. The molecule has 0 saturated carbocycles. The number of benzene rings is 2. The molecule has 4 rings (SSSR count). The van der Waals surface area contributed by atoms with Crippen LogP contribution in [-0.4, -0.2) is 53.7 Å². The van der Waals surface area contributed by atoms with Crippen LogP contribution in [0.1, 0.15) is 36.3 Å². The van der Waals surface area contributed by atoms with Crippen molar-refractivity contribution in [2.45, 2.75) is 32.7 Å². The monoisotopic (exact) mass is 493 g/mol. The number of amides is 1. The lowest BCUT2D eigenvalue weighted by Crippen LogP contribution is -2.31. The molecule has 10 nitrogen and oxygen atoms in total. The number of allylic oxidation sites excluding steroid dienone is 1. The van der Waals surface area contributed by atoms with Crippen LogP contribution in [0.15, 0.2) is 47.7 Å². The first-order valence-corrected chi connectivity index (χ1v) is 11.6. The average Bonchev–Trinajstić information content (AvgIpc) is 3.29. The van der Waals surface area contributed by atoms with Crippen LogP contribution in [0, 0.1) is 6.92 Å². The van der Waals surface area contributed by atoms with Gasteiger partial charge in [0.25, 0.3) is 5.91 Å². The minimum Gasteiger partial charge on any atom is -0.493 e. The number of methoxy groups -OCH3 is 3. The van der Waals surface area contributed by atoms with Crippen molar-refractivity contribution in [2.75, 3.05) is 38.6 Å². The number of aryl methyl sites for hydroxylation is 2. The summed E-state index contributed by atoms with van der Waals surface area (Å²) in [5.74, 6) is 2.18. The summed E-state index contributed by atoms with van der Waals surface area (Å²) in [5.41, 5.74) is 3.50. The fourth-order valence-electron chi connectivity index (χ4n) is 4.30. The molecule has 3 N–H and O–H groups in total. The number of anilines is 2. The Morgan fingerprint density at radius 2 is 1.81 bits per heavy atom. The van der Waals surface area contributed by atoms with E-state index in [9.17, 15) is 9.90 Å². The number of hydrogen-bond donors (Lipinski definition) is 3. The Morgan fingerprint density at radius 3 is 2.42 bits per heavy atom. The number of nitrogens with zero attached hydrogens (tertiary/aromatic N) is 3. The lowest BCUT2D eigenvalue weighted by Gasteiger charge is -2.29. The molecule has 3 aromatic rings. The molecule has 10 heteroatoms. The summed E-state index contributed by atoms with van der Waals surface area (Å²) in [6.45, 7) is 3.81. The van der Waals surface area contributed by atoms with Crippen molar-refractivity contribution in [3.8, 4) is 17.2 Å². The van der Waals surface area contributed by atoms with Crippen LogP contribution in [0.4, 0.5) is 11.6 Å². The molecule has 1 aliphatic heterocycles. The van der Waals surface area contributed by atoms with Gasteiger partial charge in [-0.15, -0.1) is 0 Å². The number of nitrogens with one attached hydrogen (secondary N) is 2. The fraction of sp³-hybridized carbons (Fsp3) is 0.346. The van der Waals surface area contributed by atoms with Gasteiger partial charge < -0.3 is 30.0 Å². The van der Waals surface area contributed by atoms with E-state index in [-0.39, 0.29) is 12.5 Å². The number of aliphatic hydroxyl groups is 1. The van der Waals surface area contributed by atoms with Gasteiger partial charge in [0.05, 0.1) is 26.9 Å².